The summed E-state index contributed by atoms with van der Waals surface area (Å²) in [7, 11) is 0. The van der Waals surface area contributed by atoms with E-state index in [-0.39, 0.29) is 0 Å². The van der Waals surface area contributed by atoms with Crippen molar-refractivity contribution in [1.82, 2.24) is 10.2 Å². The summed E-state index contributed by atoms with van der Waals surface area (Å²) in [6.07, 6.45) is 0. The largest absolute Gasteiger partial charge is 0.296 e. The van der Waals surface area contributed by atoms with Gasteiger partial charge in [0.05, 0.1) is 11.8 Å². The zero-order valence-corrected chi connectivity index (χ0v) is 4.38. The molecule has 8 heavy (non-hydrogen) atoms. The molecule has 0 spiro atoms. The SMILES string of the molecule is Cc1c[c]c([O])nn1. The lowest BCUT2D eigenvalue weighted by atomic mass is 10.4. The van der Waals surface area contributed by atoms with Crippen LogP contribution in [0.1, 0.15) is 5.69 Å². The van der Waals surface area contributed by atoms with Crippen molar-refractivity contribution in [3.8, 4) is 5.88 Å². The van der Waals surface area contributed by atoms with E-state index in [1.807, 2.05) is 0 Å². The van der Waals surface area contributed by atoms with Crippen LogP contribution in [-0.4, -0.2) is 10.2 Å². The first-order valence-corrected chi connectivity index (χ1v) is 2.18. The predicted octanol–water partition coefficient (Wildman–Crippen LogP) is 0.729. The number of aryl methyl sites for hydroxylation is 1. The molecule has 1 aromatic rings. The van der Waals surface area contributed by atoms with Gasteiger partial charge in [-0.3, -0.25) is 5.11 Å². The van der Waals surface area contributed by atoms with Crippen molar-refractivity contribution in [2.45, 2.75) is 6.92 Å². The van der Waals surface area contributed by atoms with Crippen LogP contribution >= 0.6 is 0 Å². The standard InChI is InChI=1S/C5H4N2O/c1-4-2-3-5(8)7-6-4/h2H,1H3. The molecule has 1 aromatic heterocycles. The van der Waals surface area contributed by atoms with Crippen molar-refractivity contribution < 1.29 is 5.11 Å². The molecule has 0 bridgehead atoms. The Labute approximate surface area is 47.0 Å². The lowest BCUT2D eigenvalue weighted by Gasteiger charge is -1.83. The first-order chi connectivity index (χ1) is 3.79. The molecular weight excluding hydrogens is 104 g/mol. The zero-order chi connectivity index (χ0) is 5.98. The summed E-state index contributed by atoms with van der Waals surface area (Å²) in [6, 6.07) is 3.88. The Morgan fingerprint density at radius 1 is 1.62 bits per heavy atom. The molecule has 0 amide bonds. The fourth-order valence-electron chi connectivity index (χ4n) is 0.348. The van der Waals surface area contributed by atoms with Crippen LogP contribution in [0.5, 0.6) is 5.88 Å². The Bertz CT molecular complexity index is 149. The predicted molar refractivity (Wildman–Crippen MR) is 25.7 cm³/mol. The summed E-state index contributed by atoms with van der Waals surface area (Å²) < 4.78 is 0. The normalized spacial score (nSPS) is 9.12. The molecule has 1 heterocycles. The third-order valence-electron chi connectivity index (χ3n) is 0.703. The summed E-state index contributed by atoms with van der Waals surface area (Å²) in [5, 5.41) is 16.9. The summed E-state index contributed by atoms with van der Waals surface area (Å²) in [5.74, 6) is -0.407. The van der Waals surface area contributed by atoms with E-state index in [9.17, 15) is 5.11 Å². The third kappa shape index (κ3) is 0.932. The summed E-state index contributed by atoms with van der Waals surface area (Å²) in [6.45, 7) is 1.75. The molecule has 0 N–H and O–H groups in total. The van der Waals surface area contributed by atoms with E-state index in [1.165, 1.54) is 6.07 Å². The molecule has 0 aliphatic rings. The van der Waals surface area contributed by atoms with E-state index in [4.69, 9.17) is 0 Å². The fraction of sp³-hybridized carbons (Fsp3) is 0.200. The van der Waals surface area contributed by atoms with Crippen LogP contribution in [0.3, 0.4) is 0 Å². The van der Waals surface area contributed by atoms with Gasteiger partial charge in [0.15, 0.2) is 0 Å². The van der Waals surface area contributed by atoms with E-state index in [1.54, 1.807) is 6.92 Å². The molecule has 1 rings (SSSR count). The van der Waals surface area contributed by atoms with Crippen LogP contribution < -0.4 is 0 Å². The van der Waals surface area contributed by atoms with Crippen molar-refractivity contribution in [2.75, 3.05) is 0 Å². The Morgan fingerprint density at radius 3 is 2.75 bits per heavy atom. The quantitative estimate of drug-likeness (QED) is 0.491. The van der Waals surface area contributed by atoms with E-state index < -0.39 is 5.88 Å². The van der Waals surface area contributed by atoms with Crippen molar-refractivity contribution in [2.24, 2.45) is 0 Å². The molecule has 0 unspecified atom stereocenters. The molecule has 2 radical (unpaired) electrons. The topological polar surface area (TPSA) is 45.7 Å². The number of nitrogens with zero attached hydrogens (tertiary/aromatic N) is 2. The molecule has 3 heteroatoms. The highest BCUT2D eigenvalue weighted by atomic mass is 16.3. The van der Waals surface area contributed by atoms with Crippen LogP contribution in [0.15, 0.2) is 6.07 Å². The van der Waals surface area contributed by atoms with Gasteiger partial charge in [-0.15, -0.1) is 5.10 Å². The van der Waals surface area contributed by atoms with Crippen LogP contribution in [-0.2, 0) is 5.11 Å². The first kappa shape index (κ1) is 5.03. The molecule has 3 nitrogen and oxygen atoms in total. The minimum atomic E-state index is -0.407. The first-order valence-electron chi connectivity index (χ1n) is 2.18. The van der Waals surface area contributed by atoms with Gasteiger partial charge in [-0.2, -0.15) is 5.10 Å². The second kappa shape index (κ2) is 1.78. The third-order valence-corrected chi connectivity index (χ3v) is 0.703. The molecule has 0 aromatic carbocycles. The highest BCUT2D eigenvalue weighted by molar-refractivity contribution is 5.05. The zero-order valence-electron chi connectivity index (χ0n) is 4.38. The van der Waals surface area contributed by atoms with Gasteiger partial charge in [-0.25, -0.2) is 0 Å². The van der Waals surface area contributed by atoms with Gasteiger partial charge in [0.2, 0.25) is 0 Å². The van der Waals surface area contributed by atoms with Gasteiger partial charge in [-0.1, -0.05) is 0 Å². The van der Waals surface area contributed by atoms with Crippen LogP contribution in [0.2, 0.25) is 0 Å². The maximum atomic E-state index is 10.2. The Morgan fingerprint density at radius 2 is 2.38 bits per heavy atom. The lowest BCUT2D eigenvalue weighted by Crippen LogP contribution is -1.82. The summed E-state index contributed by atoms with van der Waals surface area (Å²) in [5.41, 5.74) is 0.713. The highest BCUT2D eigenvalue weighted by Gasteiger charge is 1.89. The van der Waals surface area contributed by atoms with Crippen LogP contribution in [0.25, 0.3) is 0 Å². The number of aromatic nitrogens is 2. The molecule has 0 aliphatic carbocycles. The van der Waals surface area contributed by atoms with Gasteiger partial charge >= 0.3 is 0 Å². The second-order valence-corrected chi connectivity index (χ2v) is 1.44. The van der Waals surface area contributed by atoms with E-state index in [0.717, 1.165) is 0 Å². The van der Waals surface area contributed by atoms with Crippen molar-refractivity contribution >= 4 is 0 Å². The van der Waals surface area contributed by atoms with Gasteiger partial charge in [-0.05, 0) is 13.0 Å². The fourth-order valence-corrected chi connectivity index (χ4v) is 0.348. The van der Waals surface area contributed by atoms with Gasteiger partial charge in [0.1, 0.15) is 0 Å². The molecule has 40 valence electrons. The molecular formula is C5H4N2O. The lowest BCUT2D eigenvalue weighted by molar-refractivity contribution is 0.330. The highest BCUT2D eigenvalue weighted by Crippen LogP contribution is 1.98. The van der Waals surface area contributed by atoms with Crippen LogP contribution in [0, 0.1) is 13.0 Å². The van der Waals surface area contributed by atoms with E-state index >= 15 is 0 Å². The number of rotatable bonds is 0. The minimum Gasteiger partial charge on any atom is -0.265 e. The van der Waals surface area contributed by atoms with Gasteiger partial charge in [0.25, 0.3) is 5.88 Å². The van der Waals surface area contributed by atoms with Crippen molar-refractivity contribution in [1.29, 1.82) is 0 Å². The summed E-state index contributed by atoms with van der Waals surface area (Å²) >= 11 is 0. The Kier molecular flexibility index (Phi) is 1.12. The number of hydrogen-bond donors (Lipinski definition) is 0. The number of hydrogen-bond acceptors (Lipinski definition) is 2. The van der Waals surface area contributed by atoms with Gasteiger partial charge < -0.3 is 0 Å². The Balaban J connectivity index is 3.03. The van der Waals surface area contributed by atoms with Gasteiger partial charge in [0, 0.05) is 0 Å². The van der Waals surface area contributed by atoms with E-state index in [0.29, 0.717) is 5.69 Å². The van der Waals surface area contributed by atoms with Crippen LogP contribution in [0.4, 0.5) is 0 Å². The molecule has 0 saturated carbocycles. The smallest absolute Gasteiger partial charge is 0.265 e. The van der Waals surface area contributed by atoms with Crippen molar-refractivity contribution in [3.63, 3.8) is 0 Å². The monoisotopic (exact) mass is 108 g/mol. The average molecular weight is 108 g/mol. The Hall–Kier alpha value is -1.12. The summed E-state index contributed by atoms with van der Waals surface area (Å²) in [4.78, 5) is 0. The molecule has 0 fully saturated rings. The molecule has 0 saturated heterocycles. The maximum absolute atomic E-state index is 10.2. The van der Waals surface area contributed by atoms with Crippen molar-refractivity contribution in [3.05, 3.63) is 17.8 Å². The average Bonchev–Trinajstić information content (AvgIpc) is 1.77. The minimum absolute atomic E-state index is 0.407. The molecule has 0 aliphatic heterocycles. The maximum Gasteiger partial charge on any atom is 0.296 e. The second-order valence-electron chi connectivity index (χ2n) is 1.44. The van der Waals surface area contributed by atoms with E-state index in [2.05, 4.69) is 16.3 Å². The molecule has 0 atom stereocenters.